The molecule has 1 amide bonds. The van der Waals surface area contributed by atoms with Gasteiger partial charge in [0.2, 0.25) is 0 Å². The molecular weight excluding hydrogens is 288 g/mol. The molecule has 0 aliphatic rings. The first kappa shape index (κ1) is 16.8. The fourth-order valence-electron chi connectivity index (χ4n) is 2.41. The van der Waals surface area contributed by atoms with Crippen LogP contribution in [0.3, 0.4) is 0 Å². The van der Waals surface area contributed by atoms with Gasteiger partial charge in [-0.25, -0.2) is 5.48 Å². The smallest absolute Gasteiger partial charge is 0.274 e. The predicted molar refractivity (Wildman–Crippen MR) is 89.8 cm³/mol. The van der Waals surface area contributed by atoms with Gasteiger partial charge < -0.3 is 0 Å². The van der Waals surface area contributed by atoms with Crippen molar-refractivity contribution in [1.82, 2.24) is 10.4 Å². The first-order chi connectivity index (χ1) is 11.1. The van der Waals surface area contributed by atoms with Crippen molar-refractivity contribution in [2.45, 2.75) is 20.0 Å². The third-order valence-electron chi connectivity index (χ3n) is 3.69. The summed E-state index contributed by atoms with van der Waals surface area (Å²) in [6.07, 6.45) is 5.48. The number of hydroxylamine groups is 1. The zero-order valence-corrected chi connectivity index (χ0v) is 13.1. The highest BCUT2D eigenvalue weighted by atomic mass is 16.5. The number of benzene rings is 2. The summed E-state index contributed by atoms with van der Waals surface area (Å²) in [6, 6.07) is 15.3. The minimum atomic E-state index is -0.517. The van der Waals surface area contributed by atoms with Gasteiger partial charge in [-0.3, -0.25) is 14.9 Å². The lowest BCUT2D eigenvalue weighted by atomic mass is 10.1. The van der Waals surface area contributed by atoms with Crippen molar-refractivity contribution < 1.29 is 10.0 Å². The summed E-state index contributed by atoms with van der Waals surface area (Å²) >= 11 is 0. The summed E-state index contributed by atoms with van der Waals surface area (Å²) in [4.78, 5) is 13.5. The van der Waals surface area contributed by atoms with Crippen LogP contribution in [0.25, 0.3) is 0 Å². The van der Waals surface area contributed by atoms with Crippen LogP contribution in [-0.2, 0) is 13.1 Å². The molecule has 0 bridgehead atoms. The highest BCUT2D eigenvalue weighted by Gasteiger charge is 2.09. The molecule has 2 aromatic carbocycles. The minimum absolute atomic E-state index is 0.415. The van der Waals surface area contributed by atoms with E-state index in [1.165, 1.54) is 11.1 Å². The maximum atomic E-state index is 11.3. The number of nitrogens with zero attached hydrogens (tertiary/aromatic N) is 1. The van der Waals surface area contributed by atoms with Gasteiger partial charge in [-0.1, -0.05) is 42.3 Å². The Morgan fingerprint density at radius 1 is 1.17 bits per heavy atom. The second-order valence-corrected chi connectivity index (χ2v) is 5.41. The van der Waals surface area contributed by atoms with Gasteiger partial charge in [0.15, 0.2) is 0 Å². The molecule has 0 aromatic heterocycles. The number of hydrogen-bond donors (Lipinski definition) is 2. The lowest BCUT2D eigenvalue weighted by Crippen LogP contribution is -2.23. The monoisotopic (exact) mass is 308 g/mol. The number of carbonyl (C=O) groups is 1. The molecule has 2 N–H and O–H groups in total. The standard InChI is InChI=1S/C19H20N2O2/c1-3-12-21(14-18-7-5-4-6-15(18)2)13-16-8-10-17(11-9-16)19(22)20-23/h1,4-11,23H,12-14H2,2H3,(H,20,22). The Labute approximate surface area is 136 Å². The SMILES string of the molecule is C#CCN(Cc1ccc(C(=O)NO)cc1)Cc1ccccc1C. The lowest BCUT2D eigenvalue weighted by molar-refractivity contribution is 0.0706. The summed E-state index contributed by atoms with van der Waals surface area (Å²) in [5.74, 6) is 2.18. The van der Waals surface area contributed by atoms with E-state index in [4.69, 9.17) is 11.6 Å². The van der Waals surface area contributed by atoms with E-state index in [1.807, 2.05) is 24.3 Å². The van der Waals surface area contributed by atoms with Gasteiger partial charge in [0.1, 0.15) is 0 Å². The van der Waals surface area contributed by atoms with Crippen LogP contribution in [0.2, 0.25) is 0 Å². The zero-order valence-electron chi connectivity index (χ0n) is 13.1. The van der Waals surface area contributed by atoms with Crippen LogP contribution in [0.4, 0.5) is 0 Å². The zero-order chi connectivity index (χ0) is 16.7. The van der Waals surface area contributed by atoms with E-state index in [-0.39, 0.29) is 0 Å². The van der Waals surface area contributed by atoms with Crippen molar-refractivity contribution in [2.75, 3.05) is 6.54 Å². The molecule has 0 radical (unpaired) electrons. The fourth-order valence-corrected chi connectivity index (χ4v) is 2.41. The van der Waals surface area contributed by atoms with Crippen molar-refractivity contribution in [3.05, 3.63) is 70.8 Å². The van der Waals surface area contributed by atoms with Crippen LogP contribution in [0.5, 0.6) is 0 Å². The highest BCUT2D eigenvalue weighted by Crippen LogP contribution is 2.14. The summed E-state index contributed by atoms with van der Waals surface area (Å²) in [6.45, 7) is 4.11. The molecule has 0 saturated heterocycles. The average Bonchev–Trinajstić information content (AvgIpc) is 2.57. The molecule has 2 rings (SSSR count). The van der Waals surface area contributed by atoms with Gasteiger partial charge >= 0.3 is 0 Å². The van der Waals surface area contributed by atoms with E-state index in [0.29, 0.717) is 18.7 Å². The topological polar surface area (TPSA) is 52.6 Å². The molecule has 4 heteroatoms. The summed E-state index contributed by atoms with van der Waals surface area (Å²) in [5, 5.41) is 8.63. The Morgan fingerprint density at radius 3 is 2.48 bits per heavy atom. The van der Waals surface area contributed by atoms with Crippen molar-refractivity contribution in [1.29, 1.82) is 0 Å². The van der Waals surface area contributed by atoms with Crippen molar-refractivity contribution >= 4 is 5.91 Å². The predicted octanol–water partition coefficient (Wildman–Crippen LogP) is 2.75. The summed E-state index contributed by atoms with van der Waals surface area (Å²) in [5.41, 5.74) is 5.59. The largest absolute Gasteiger partial charge is 0.288 e. The van der Waals surface area contributed by atoms with E-state index in [2.05, 4.69) is 29.9 Å². The highest BCUT2D eigenvalue weighted by molar-refractivity contribution is 5.93. The van der Waals surface area contributed by atoms with Gasteiger partial charge in [0.05, 0.1) is 6.54 Å². The second kappa shape index (κ2) is 8.14. The summed E-state index contributed by atoms with van der Waals surface area (Å²) in [7, 11) is 0. The maximum absolute atomic E-state index is 11.3. The van der Waals surface area contributed by atoms with Gasteiger partial charge in [-0.15, -0.1) is 6.42 Å². The molecule has 0 aliphatic heterocycles. The molecule has 0 fully saturated rings. The third kappa shape index (κ3) is 4.68. The van der Waals surface area contributed by atoms with E-state index >= 15 is 0 Å². The van der Waals surface area contributed by atoms with E-state index in [9.17, 15) is 4.79 Å². The Hall–Kier alpha value is -2.61. The molecule has 2 aromatic rings. The van der Waals surface area contributed by atoms with Crippen LogP contribution < -0.4 is 5.48 Å². The number of carbonyl (C=O) groups excluding carboxylic acids is 1. The van der Waals surface area contributed by atoms with Crippen LogP contribution in [-0.4, -0.2) is 22.6 Å². The van der Waals surface area contributed by atoms with Crippen LogP contribution >= 0.6 is 0 Å². The Bertz CT molecular complexity index is 702. The molecule has 0 heterocycles. The van der Waals surface area contributed by atoms with Gasteiger partial charge in [-0.05, 0) is 35.7 Å². The molecule has 118 valence electrons. The quantitative estimate of drug-likeness (QED) is 0.490. The van der Waals surface area contributed by atoms with E-state index in [1.54, 1.807) is 17.6 Å². The van der Waals surface area contributed by atoms with Gasteiger partial charge in [0.25, 0.3) is 5.91 Å². The van der Waals surface area contributed by atoms with E-state index in [0.717, 1.165) is 12.1 Å². The molecular formula is C19H20N2O2. The van der Waals surface area contributed by atoms with Crippen molar-refractivity contribution in [2.24, 2.45) is 0 Å². The van der Waals surface area contributed by atoms with Crippen LogP contribution in [0, 0.1) is 19.3 Å². The van der Waals surface area contributed by atoms with Crippen molar-refractivity contribution in [3.8, 4) is 12.3 Å². The Kier molecular flexibility index (Phi) is 5.93. The first-order valence-electron chi connectivity index (χ1n) is 7.37. The molecule has 4 nitrogen and oxygen atoms in total. The van der Waals surface area contributed by atoms with Gasteiger partial charge in [-0.2, -0.15) is 0 Å². The van der Waals surface area contributed by atoms with Crippen LogP contribution in [0.1, 0.15) is 27.0 Å². The van der Waals surface area contributed by atoms with Crippen LogP contribution in [0.15, 0.2) is 48.5 Å². The molecule has 0 spiro atoms. The normalized spacial score (nSPS) is 10.3. The minimum Gasteiger partial charge on any atom is -0.288 e. The summed E-state index contributed by atoms with van der Waals surface area (Å²) < 4.78 is 0. The number of aryl methyl sites for hydroxylation is 1. The Balaban J connectivity index is 2.09. The number of terminal acetylenes is 1. The fraction of sp³-hybridized carbons (Fsp3) is 0.211. The maximum Gasteiger partial charge on any atom is 0.274 e. The van der Waals surface area contributed by atoms with Gasteiger partial charge in [0, 0.05) is 18.7 Å². The average molecular weight is 308 g/mol. The second-order valence-electron chi connectivity index (χ2n) is 5.41. The third-order valence-corrected chi connectivity index (χ3v) is 3.69. The number of rotatable bonds is 6. The molecule has 0 saturated carbocycles. The number of amides is 1. The molecule has 23 heavy (non-hydrogen) atoms. The molecule has 0 aliphatic carbocycles. The molecule has 0 atom stereocenters. The lowest BCUT2D eigenvalue weighted by Gasteiger charge is -2.21. The van der Waals surface area contributed by atoms with Crippen molar-refractivity contribution in [3.63, 3.8) is 0 Å². The number of nitrogens with one attached hydrogen (secondary N) is 1. The Morgan fingerprint density at radius 2 is 1.87 bits per heavy atom. The first-order valence-corrected chi connectivity index (χ1v) is 7.37. The molecule has 0 unspecified atom stereocenters. The van der Waals surface area contributed by atoms with E-state index < -0.39 is 5.91 Å². The number of hydrogen-bond acceptors (Lipinski definition) is 3.